The number of aliphatic hydroxyl groups excluding tert-OH is 1. The molecule has 4 aromatic carbocycles. The van der Waals surface area contributed by atoms with Crippen LogP contribution in [0.3, 0.4) is 0 Å². The summed E-state index contributed by atoms with van der Waals surface area (Å²) in [7, 11) is 0. The number of amides is 2. The average Bonchev–Trinajstić information content (AvgIpc) is 0.812. The number of esters is 1. The standard InChI is InChI=1S/C42H55N7O11.C33H47N7O10.C9H10O2.2Gd/c50-37(12-11-36(42(58)59)48-20-18-45(28-39(53)54)16-14-44(27-38(51)52)15-17-46(19-21-48)29-40(55)56)49-24-22-47(23-25-49)34-10-8-32-7-9-33(43-35(32)26-34)30-60-41(57)13-6-31-4-2-1-3-5-31;41-23-25-3-1-24-2-4-26(19-27(24)34-25)38-15-17-40(18-16-38)29(42)6-5-28(33(49)50)39-13-11-36(21-31(45)46)9-7-35(20-30(43)44)8-10-37(12-14-39)22-32(47)48;10-9(11)7-6-8-4-2-1-3-5-8;;/h1-5,7-10,26,36H,6,11-25,27-30H2,(H,51,52)(H,53,54)(H,55,56)(H,58,59);1-4,19,28,41H,5-18,20-23H2,(H,43,44)(H,45,46)(H,47,48)(H,49,50);1-5H,6-7H2,(H,10,11);;/q;;;2*+3. The number of aryl methyl sites for hydroxylation is 2. The van der Waals surface area contributed by atoms with Crippen molar-refractivity contribution in [2.75, 3.05) is 206 Å². The van der Waals surface area contributed by atoms with Crippen molar-refractivity contribution in [3.05, 3.63) is 144 Å². The monoisotopic (exact) mass is 2000 g/mol. The summed E-state index contributed by atoms with van der Waals surface area (Å²) in [6.07, 6.45) is 1.68. The van der Waals surface area contributed by atoms with Crippen LogP contribution >= 0.6 is 0 Å². The third kappa shape index (κ3) is 37.1. The quantitative estimate of drug-likeness (QED) is 0.0264. The summed E-state index contributed by atoms with van der Waals surface area (Å²) in [4.78, 5) is 174. The SMILES string of the molecule is O=C(O)CCc1ccccc1.O=C(O)CN1CCN(CC(=O)O)CCN(C(CCC(=O)N2CCN(c3ccc4ccc(CO)nc4c3)CC2)C(=O)O)CCN(CC(=O)O)CC1.O=C(O)CN1CCN(CC(=O)O)CCN(C(CCC(=O)N2CCN(c3ccc4ccc(COC(=O)CCc5ccccc5)nc4c3)CC2)C(=O)O)CCN(CC(=O)O)CC1.[Gd+3].[Gd+3]. The van der Waals surface area contributed by atoms with Gasteiger partial charge in [0.15, 0.2) is 0 Å². The maximum absolute atomic E-state index is 13.5. The first-order valence-corrected chi connectivity index (χ1v) is 40.5. The number of carboxylic acid groups (broad SMARTS) is 9. The predicted octanol–water partition coefficient (Wildman–Crippen LogP) is 2.06. The molecule has 39 heteroatoms. The number of hydrogen-bond acceptors (Lipinski definition) is 26. The molecule has 2 radical (unpaired) electrons. The maximum Gasteiger partial charge on any atom is 3.00 e. The van der Waals surface area contributed by atoms with Crippen molar-refractivity contribution >= 4 is 105 Å². The van der Waals surface area contributed by atoms with E-state index < -0.39 is 65.8 Å². The zero-order valence-electron chi connectivity index (χ0n) is 68.7. The van der Waals surface area contributed by atoms with Crippen LogP contribution in [0.15, 0.2) is 121 Å². The minimum absolute atomic E-state index is 0. The van der Waals surface area contributed by atoms with Crippen LogP contribution in [0.4, 0.5) is 11.4 Å². The van der Waals surface area contributed by atoms with Gasteiger partial charge in [0.25, 0.3) is 0 Å². The summed E-state index contributed by atoms with van der Waals surface area (Å²) < 4.78 is 5.49. The van der Waals surface area contributed by atoms with E-state index >= 15 is 0 Å². The zero-order valence-corrected chi connectivity index (χ0v) is 73.3. The van der Waals surface area contributed by atoms with E-state index in [4.69, 9.17) is 14.8 Å². The maximum atomic E-state index is 13.5. The number of aliphatic hydroxyl groups is 1. The van der Waals surface area contributed by atoms with Crippen LogP contribution in [0.2, 0.25) is 0 Å². The Kier molecular flexibility index (Phi) is 45.4. The van der Waals surface area contributed by atoms with Crippen molar-refractivity contribution < 1.29 is 193 Å². The number of aromatic nitrogens is 2. The molecule has 2 amide bonds. The number of carbonyl (C=O) groups excluding carboxylic acids is 3. The van der Waals surface area contributed by atoms with Crippen LogP contribution in [0, 0.1) is 79.9 Å². The molecule has 0 aliphatic carbocycles. The van der Waals surface area contributed by atoms with Crippen LogP contribution in [0.1, 0.15) is 61.0 Å². The zero-order chi connectivity index (χ0) is 87.3. The van der Waals surface area contributed by atoms with Crippen LogP contribution < -0.4 is 9.80 Å². The number of ether oxygens (including phenoxy) is 1. The Bertz CT molecular complexity index is 4370. The van der Waals surface area contributed by atoms with Gasteiger partial charge in [-0.15, -0.1) is 0 Å². The fourth-order valence-electron chi connectivity index (χ4n) is 14.9. The van der Waals surface area contributed by atoms with E-state index in [1.807, 2.05) is 115 Å². The molecule has 4 fully saturated rings. The number of pyridine rings is 2. The van der Waals surface area contributed by atoms with Crippen LogP contribution in [0.5, 0.6) is 0 Å². The van der Waals surface area contributed by atoms with Gasteiger partial charge in [-0.25, -0.2) is 4.98 Å². The number of hydrogen-bond donors (Lipinski definition) is 10. The molecule has 6 heterocycles. The summed E-state index contributed by atoms with van der Waals surface area (Å²) in [5.74, 6) is -10.1. The molecule has 2 unspecified atom stereocenters. The fraction of sp³-hybridized carbons (Fsp3) is 0.500. The number of carboxylic acids is 9. The Balaban J connectivity index is 0.000000336. The molecule has 666 valence electrons. The summed E-state index contributed by atoms with van der Waals surface area (Å²) in [5, 5.41) is 97.1. The Morgan fingerprint density at radius 2 is 0.634 bits per heavy atom. The normalized spacial score (nSPS) is 16.9. The summed E-state index contributed by atoms with van der Waals surface area (Å²) in [6.45, 7) is 5.07. The number of rotatable bonds is 33. The summed E-state index contributed by atoms with van der Waals surface area (Å²) in [5.41, 5.74) is 6.77. The molecular formula is C84H112Gd2N14O23+6. The average molecular weight is 2000 g/mol. The fourth-order valence-corrected chi connectivity index (χ4v) is 14.9. The smallest absolute Gasteiger partial charge is 0.481 e. The van der Waals surface area contributed by atoms with Gasteiger partial charge in [-0.2, -0.15) is 0 Å². The van der Waals surface area contributed by atoms with Gasteiger partial charge in [-0.1, -0.05) is 84.9 Å². The number of benzene rings is 4. The van der Waals surface area contributed by atoms with Crippen molar-refractivity contribution in [3.63, 3.8) is 0 Å². The number of carbonyl (C=O) groups is 12. The van der Waals surface area contributed by atoms with E-state index in [9.17, 15) is 103 Å². The summed E-state index contributed by atoms with van der Waals surface area (Å²) in [6, 6.07) is 36.5. The molecule has 4 saturated heterocycles. The van der Waals surface area contributed by atoms with Crippen molar-refractivity contribution in [2.45, 2.75) is 76.7 Å². The Morgan fingerprint density at radius 1 is 0.333 bits per heavy atom. The molecule has 4 aliphatic rings. The summed E-state index contributed by atoms with van der Waals surface area (Å²) >= 11 is 0. The van der Waals surface area contributed by atoms with Crippen molar-refractivity contribution in [1.82, 2.24) is 59.0 Å². The third-order valence-electron chi connectivity index (χ3n) is 21.5. The molecule has 6 aromatic rings. The molecule has 10 N–H and O–H groups in total. The van der Waals surface area contributed by atoms with Crippen LogP contribution in [0.25, 0.3) is 21.8 Å². The Hall–Kier alpha value is -8.77. The molecule has 37 nitrogen and oxygen atoms in total. The Labute approximate surface area is 777 Å². The molecule has 4 aliphatic heterocycles. The van der Waals surface area contributed by atoms with E-state index in [1.165, 1.54) is 0 Å². The molecule has 2 aromatic heterocycles. The van der Waals surface area contributed by atoms with Gasteiger partial charge in [0, 0.05) is 205 Å². The van der Waals surface area contributed by atoms with Gasteiger partial charge in [0.05, 0.1) is 68.3 Å². The van der Waals surface area contributed by atoms with E-state index in [0.29, 0.717) is 76.6 Å². The first kappa shape index (κ1) is 103. The number of fused-ring (bicyclic) bond motifs is 2. The van der Waals surface area contributed by atoms with E-state index in [1.54, 1.807) is 55.1 Å². The van der Waals surface area contributed by atoms with Gasteiger partial charge in [0.2, 0.25) is 11.8 Å². The molecule has 0 bridgehead atoms. The Morgan fingerprint density at radius 3 is 0.943 bits per heavy atom. The van der Waals surface area contributed by atoms with Gasteiger partial charge in [-0.3, -0.25) is 102 Å². The van der Waals surface area contributed by atoms with Crippen molar-refractivity contribution in [2.24, 2.45) is 0 Å². The number of piperazine rings is 2. The van der Waals surface area contributed by atoms with Crippen molar-refractivity contribution in [1.29, 1.82) is 0 Å². The van der Waals surface area contributed by atoms with E-state index in [2.05, 4.69) is 14.8 Å². The second-order valence-corrected chi connectivity index (χ2v) is 30.2. The first-order chi connectivity index (χ1) is 58.0. The first-order valence-electron chi connectivity index (χ1n) is 40.5. The largest absolute Gasteiger partial charge is 3.00 e. The van der Waals surface area contributed by atoms with E-state index in [0.717, 1.165) is 44.3 Å². The molecule has 10 rings (SSSR count). The topological polar surface area (TPSA) is 481 Å². The minimum Gasteiger partial charge on any atom is -0.481 e. The molecule has 2 atom stereocenters. The molecular weight excluding hydrogens is 1890 g/mol. The molecule has 0 spiro atoms. The number of nitrogens with zero attached hydrogens (tertiary/aromatic N) is 14. The van der Waals surface area contributed by atoms with E-state index in [-0.39, 0.29) is 293 Å². The van der Waals surface area contributed by atoms with Gasteiger partial charge in [0.1, 0.15) is 18.7 Å². The second kappa shape index (κ2) is 54.2. The molecule has 0 saturated carbocycles. The second-order valence-electron chi connectivity index (χ2n) is 30.2. The number of aliphatic carboxylic acids is 9. The van der Waals surface area contributed by atoms with Gasteiger partial charge < -0.3 is 75.4 Å². The van der Waals surface area contributed by atoms with Crippen molar-refractivity contribution in [3.8, 4) is 0 Å². The van der Waals surface area contributed by atoms with Gasteiger partial charge in [-0.05, 0) is 73.2 Å². The minimum atomic E-state index is -1.14. The number of anilines is 2. The van der Waals surface area contributed by atoms with Gasteiger partial charge >= 0.3 is 140 Å². The predicted molar refractivity (Wildman–Crippen MR) is 443 cm³/mol. The van der Waals surface area contributed by atoms with Crippen LogP contribution in [-0.2, 0) is 88.3 Å². The third-order valence-corrected chi connectivity index (χ3v) is 21.5. The van der Waals surface area contributed by atoms with Crippen LogP contribution in [-0.4, -0.2) is 390 Å². The molecule has 123 heavy (non-hydrogen) atoms.